The Bertz CT molecular complexity index is 1140. The van der Waals surface area contributed by atoms with Crippen LogP contribution in [0.15, 0.2) is 53.2 Å². The molecule has 0 aromatic carbocycles. The topological polar surface area (TPSA) is 99.8 Å². The zero-order valence-electron chi connectivity index (χ0n) is 14.1. The molecule has 0 aliphatic carbocycles. The fourth-order valence-electron chi connectivity index (χ4n) is 3.17. The summed E-state index contributed by atoms with van der Waals surface area (Å²) in [7, 11) is 0. The van der Waals surface area contributed by atoms with Gasteiger partial charge in [-0.1, -0.05) is 0 Å². The maximum Gasteiger partial charge on any atom is 0.267 e. The third-order valence-corrected chi connectivity index (χ3v) is 5.39. The lowest BCUT2D eigenvalue weighted by Gasteiger charge is -2.21. The lowest BCUT2D eigenvalue weighted by molar-refractivity contribution is 0.182. The Hall–Kier alpha value is -3.11. The maximum absolute atomic E-state index is 12.5. The molecule has 0 amide bonds. The van der Waals surface area contributed by atoms with Crippen LogP contribution >= 0.6 is 11.3 Å². The Balaban J connectivity index is 1.49. The molecule has 5 heterocycles. The molecule has 4 aromatic heterocycles. The molecule has 0 spiro atoms. The standard InChI is InChI=1S/C17H15N7O2S/c25-15-3-2-14(23-6-1-5-20-23)22-24(15)13-9-26-8-12(13)21-17-16-11(4-7-27-16)18-10-19-17/h1-7,10,12-13H,8-9H2,(H,18,19,21). The van der Waals surface area contributed by atoms with Crippen LogP contribution in [0.4, 0.5) is 5.82 Å². The zero-order valence-corrected chi connectivity index (χ0v) is 14.9. The van der Waals surface area contributed by atoms with Crippen LogP contribution in [-0.4, -0.2) is 48.8 Å². The van der Waals surface area contributed by atoms with E-state index in [9.17, 15) is 4.79 Å². The minimum atomic E-state index is -0.252. The number of fused-ring (bicyclic) bond motifs is 1. The molecule has 1 aliphatic rings. The first kappa shape index (κ1) is 16.1. The molecule has 0 radical (unpaired) electrons. The van der Waals surface area contributed by atoms with Crippen molar-refractivity contribution in [2.75, 3.05) is 18.5 Å². The van der Waals surface area contributed by atoms with E-state index in [4.69, 9.17) is 4.74 Å². The summed E-state index contributed by atoms with van der Waals surface area (Å²) in [6.07, 6.45) is 4.99. The molecule has 10 heteroatoms. The Morgan fingerprint density at radius 1 is 1.22 bits per heavy atom. The summed E-state index contributed by atoms with van der Waals surface area (Å²) in [5.74, 6) is 1.32. The molecule has 1 N–H and O–H groups in total. The number of anilines is 1. The van der Waals surface area contributed by atoms with Gasteiger partial charge in [-0.05, 0) is 23.6 Å². The average molecular weight is 381 g/mol. The normalized spacial score (nSPS) is 19.6. The fourth-order valence-corrected chi connectivity index (χ4v) is 3.97. The quantitative estimate of drug-likeness (QED) is 0.572. The van der Waals surface area contributed by atoms with Crippen molar-refractivity contribution >= 4 is 27.4 Å². The van der Waals surface area contributed by atoms with Crippen LogP contribution in [0.1, 0.15) is 6.04 Å². The fraction of sp³-hybridized carbons (Fsp3) is 0.235. The van der Waals surface area contributed by atoms with Crippen molar-refractivity contribution in [3.05, 3.63) is 58.7 Å². The van der Waals surface area contributed by atoms with E-state index in [1.54, 1.807) is 34.5 Å². The van der Waals surface area contributed by atoms with Gasteiger partial charge < -0.3 is 10.1 Å². The molecule has 0 saturated carbocycles. The highest BCUT2D eigenvalue weighted by atomic mass is 32.1. The summed E-state index contributed by atoms with van der Waals surface area (Å²) >= 11 is 1.57. The number of aromatic nitrogens is 6. The number of nitrogens with zero attached hydrogens (tertiary/aromatic N) is 6. The number of rotatable bonds is 4. The van der Waals surface area contributed by atoms with E-state index in [-0.39, 0.29) is 17.6 Å². The van der Waals surface area contributed by atoms with Gasteiger partial charge in [-0.2, -0.15) is 5.10 Å². The Morgan fingerprint density at radius 2 is 2.19 bits per heavy atom. The number of hydrogen-bond acceptors (Lipinski definition) is 8. The lowest BCUT2D eigenvalue weighted by atomic mass is 10.1. The molecule has 2 atom stereocenters. The molecule has 136 valence electrons. The van der Waals surface area contributed by atoms with Crippen LogP contribution in [0, 0.1) is 0 Å². The van der Waals surface area contributed by atoms with Gasteiger partial charge in [-0.25, -0.2) is 19.3 Å². The number of thiophene rings is 1. The van der Waals surface area contributed by atoms with E-state index in [1.165, 1.54) is 17.1 Å². The largest absolute Gasteiger partial charge is 0.377 e. The van der Waals surface area contributed by atoms with E-state index >= 15 is 0 Å². The molecule has 9 nitrogen and oxygen atoms in total. The first-order chi connectivity index (χ1) is 13.3. The van der Waals surface area contributed by atoms with Crippen LogP contribution in [-0.2, 0) is 4.74 Å². The van der Waals surface area contributed by atoms with Gasteiger partial charge in [0.05, 0.1) is 29.5 Å². The van der Waals surface area contributed by atoms with E-state index in [2.05, 4.69) is 25.5 Å². The third-order valence-electron chi connectivity index (χ3n) is 4.48. The minimum absolute atomic E-state index is 0.136. The summed E-state index contributed by atoms with van der Waals surface area (Å²) in [6.45, 7) is 0.855. The van der Waals surface area contributed by atoms with E-state index in [0.29, 0.717) is 19.0 Å². The maximum atomic E-state index is 12.5. The highest BCUT2D eigenvalue weighted by molar-refractivity contribution is 7.17. The van der Waals surface area contributed by atoms with Gasteiger partial charge in [0.15, 0.2) is 5.82 Å². The van der Waals surface area contributed by atoms with Crippen LogP contribution in [0.25, 0.3) is 16.0 Å². The summed E-state index contributed by atoms with van der Waals surface area (Å²) in [5.41, 5.74) is 0.709. The SMILES string of the molecule is O=c1ccc(-n2cccn2)nn1C1COCC1Nc1ncnc2ccsc12. The van der Waals surface area contributed by atoms with Gasteiger partial charge in [0, 0.05) is 18.5 Å². The molecule has 27 heavy (non-hydrogen) atoms. The number of nitrogens with one attached hydrogen (secondary N) is 1. The van der Waals surface area contributed by atoms with Gasteiger partial charge in [0.1, 0.15) is 18.2 Å². The average Bonchev–Trinajstić information content (AvgIpc) is 3.44. The van der Waals surface area contributed by atoms with E-state index < -0.39 is 0 Å². The molecular formula is C17H15N7O2S. The second-order valence-electron chi connectivity index (χ2n) is 6.14. The summed E-state index contributed by atoms with van der Waals surface area (Å²) < 4.78 is 9.72. The van der Waals surface area contributed by atoms with Crippen molar-refractivity contribution in [3.63, 3.8) is 0 Å². The Morgan fingerprint density at radius 3 is 3.07 bits per heavy atom. The summed E-state index contributed by atoms with van der Waals surface area (Å²) in [5, 5.41) is 14.1. The molecular weight excluding hydrogens is 366 g/mol. The van der Waals surface area contributed by atoms with E-state index in [0.717, 1.165) is 16.0 Å². The second-order valence-corrected chi connectivity index (χ2v) is 7.05. The highest BCUT2D eigenvalue weighted by Gasteiger charge is 2.32. The molecule has 0 bridgehead atoms. The third kappa shape index (κ3) is 2.88. The van der Waals surface area contributed by atoms with Gasteiger partial charge in [0.25, 0.3) is 5.56 Å². The zero-order chi connectivity index (χ0) is 18.2. The Kier molecular flexibility index (Phi) is 3.91. The van der Waals surface area contributed by atoms with Gasteiger partial charge in [-0.15, -0.1) is 16.4 Å². The number of hydrogen-bond donors (Lipinski definition) is 1. The van der Waals surface area contributed by atoms with Crippen molar-refractivity contribution < 1.29 is 4.74 Å². The molecule has 2 unspecified atom stereocenters. The minimum Gasteiger partial charge on any atom is -0.377 e. The van der Waals surface area contributed by atoms with Crippen LogP contribution in [0.3, 0.4) is 0 Å². The van der Waals surface area contributed by atoms with Crippen molar-refractivity contribution in [1.29, 1.82) is 0 Å². The molecule has 4 aromatic rings. The molecule has 1 aliphatic heterocycles. The molecule has 1 saturated heterocycles. The predicted molar refractivity (Wildman–Crippen MR) is 100 cm³/mol. The van der Waals surface area contributed by atoms with Crippen molar-refractivity contribution in [2.24, 2.45) is 0 Å². The first-order valence-electron chi connectivity index (χ1n) is 8.42. The predicted octanol–water partition coefficient (Wildman–Crippen LogP) is 1.49. The van der Waals surface area contributed by atoms with E-state index in [1.807, 2.05) is 17.5 Å². The van der Waals surface area contributed by atoms with Crippen LogP contribution < -0.4 is 10.9 Å². The smallest absolute Gasteiger partial charge is 0.267 e. The summed E-state index contributed by atoms with van der Waals surface area (Å²) in [4.78, 5) is 21.1. The number of ether oxygens (including phenoxy) is 1. The van der Waals surface area contributed by atoms with Crippen LogP contribution in [0.5, 0.6) is 0 Å². The Labute approximate surface area is 157 Å². The van der Waals surface area contributed by atoms with Gasteiger partial charge in [-0.3, -0.25) is 4.79 Å². The van der Waals surface area contributed by atoms with Crippen molar-refractivity contribution in [2.45, 2.75) is 12.1 Å². The molecule has 5 rings (SSSR count). The van der Waals surface area contributed by atoms with Crippen LogP contribution in [0.2, 0.25) is 0 Å². The first-order valence-corrected chi connectivity index (χ1v) is 9.30. The lowest BCUT2D eigenvalue weighted by Crippen LogP contribution is -2.37. The van der Waals surface area contributed by atoms with Crippen molar-refractivity contribution in [3.8, 4) is 5.82 Å². The summed E-state index contributed by atoms with van der Waals surface area (Å²) in [6, 6.07) is 6.53. The van der Waals surface area contributed by atoms with Gasteiger partial charge >= 0.3 is 0 Å². The van der Waals surface area contributed by atoms with Gasteiger partial charge in [0.2, 0.25) is 0 Å². The second kappa shape index (κ2) is 6.56. The monoisotopic (exact) mass is 381 g/mol. The highest BCUT2D eigenvalue weighted by Crippen LogP contribution is 2.28. The molecule has 1 fully saturated rings. The van der Waals surface area contributed by atoms with Crippen molar-refractivity contribution in [1.82, 2.24) is 29.5 Å².